The summed E-state index contributed by atoms with van der Waals surface area (Å²) in [6, 6.07) is 31.8. The molecule has 0 heterocycles. The molecule has 35 heavy (non-hydrogen) atoms. The first kappa shape index (κ1) is 23.5. The minimum atomic E-state index is -0.647. The summed E-state index contributed by atoms with van der Waals surface area (Å²) in [5.74, 6) is -1.00. The minimum Gasteiger partial charge on any atom is -0.419 e. The average molecular weight is 461 g/mol. The molecule has 0 aromatic heterocycles. The predicted octanol–water partition coefficient (Wildman–Crippen LogP) is 7.12. The van der Waals surface area contributed by atoms with Crippen LogP contribution in [0.4, 0.5) is 0 Å². The molecule has 0 radical (unpaired) electrons. The topological polar surface area (TPSA) is 52.6 Å². The van der Waals surface area contributed by atoms with Crippen LogP contribution in [0.2, 0.25) is 0 Å². The molecule has 0 saturated heterocycles. The first-order chi connectivity index (χ1) is 17.0. The quantitative estimate of drug-likeness (QED) is 0.167. The highest BCUT2D eigenvalue weighted by Gasteiger charge is 2.22. The van der Waals surface area contributed by atoms with E-state index in [-0.39, 0.29) is 22.6 Å². The van der Waals surface area contributed by atoms with Crippen molar-refractivity contribution < 1.29 is 19.1 Å². The van der Waals surface area contributed by atoms with Gasteiger partial charge in [-0.05, 0) is 35.2 Å². The summed E-state index contributed by atoms with van der Waals surface area (Å²) < 4.78 is 11.4. The number of benzene rings is 4. The molecule has 0 bridgehead atoms. The summed E-state index contributed by atoms with van der Waals surface area (Å²) in [6.45, 7) is 9.22. The molecule has 0 unspecified atom stereocenters. The largest absolute Gasteiger partial charge is 0.419 e. The van der Waals surface area contributed by atoms with Crippen LogP contribution < -0.4 is 9.47 Å². The van der Waals surface area contributed by atoms with E-state index in [1.54, 1.807) is 25.1 Å². The highest BCUT2D eigenvalue weighted by molar-refractivity contribution is 6.18. The summed E-state index contributed by atoms with van der Waals surface area (Å²) in [5.41, 5.74) is 4.31. The second-order valence-electron chi connectivity index (χ2n) is 7.95. The number of carbonyl (C=O) groups is 2. The van der Waals surface area contributed by atoms with E-state index in [0.29, 0.717) is 11.1 Å². The van der Waals surface area contributed by atoms with E-state index in [2.05, 4.69) is 13.2 Å². The summed E-state index contributed by atoms with van der Waals surface area (Å²) in [5, 5.41) is 0. The van der Waals surface area contributed by atoms with Crippen LogP contribution in [0.25, 0.3) is 27.8 Å². The zero-order chi connectivity index (χ0) is 24.8. The van der Waals surface area contributed by atoms with Gasteiger partial charge in [0.05, 0.1) is 5.57 Å². The lowest BCUT2D eigenvalue weighted by atomic mass is 9.95. The first-order valence-electron chi connectivity index (χ1n) is 11.1. The Balaban J connectivity index is 1.70. The molecule has 0 aliphatic rings. The van der Waals surface area contributed by atoms with Crippen LogP contribution in [0.15, 0.2) is 122 Å². The molecule has 0 atom stereocenters. The minimum absolute atomic E-state index is 0.115. The molecule has 0 aliphatic heterocycles. The van der Waals surface area contributed by atoms with Gasteiger partial charge in [-0.3, -0.25) is 0 Å². The van der Waals surface area contributed by atoms with Gasteiger partial charge in [-0.2, -0.15) is 0 Å². The van der Waals surface area contributed by atoms with Crippen molar-refractivity contribution in [3.05, 3.63) is 127 Å². The molecule has 4 aromatic carbocycles. The maximum absolute atomic E-state index is 13.2. The molecular formula is C31H24O4. The van der Waals surface area contributed by atoms with Crippen molar-refractivity contribution >= 4 is 17.5 Å². The van der Waals surface area contributed by atoms with Gasteiger partial charge in [0, 0.05) is 11.1 Å². The van der Waals surface area contributed by atoms with Crippen molar-refractivity contribution in [3.8, 4) is 33.8 Å². The van der Waals surface area contributed by atoms with E-state index in [4.69, 9.17) is 9.47 Å². The standard InChI is InChI=1S/C31H24O4/c1-21(2)30(32)35-29-27(24-15-8-5-9-16-24)19-12-20-28(29)34-31(33)22(3)25-17-10-11-18-26(25)23-13-6-4-7-14-23/h4-20H,1,3H2,2H3. The smallest absolute Gasteiger partial charge is 0.343 e. The number of para-hydroxylation sites is 1. The van der Waals surface area contributed by atoms with Crippen molar-refractivity contribution in [2.45, 2.75) is 6.92 Å². The van der Waals surface area contributed by atoms with Crippen molar-refractivity contribution in [2.75, 3.05) is 0 Å². The average Bonchev–Trinajstić information content (AvgIpc) is 2.90. The molecule has 4 rings (SSSR count). The van der Waals surface area contributed by atoms with Gasteiger partial charge in [-0.15, -0.1) is 0 Å². The Labute approximate surface area is 204 Å². The number of esters is 2. The van der Waals surface area contributed by atoms with Crippen molar-refractivity contribution in [2.24, 2.45) is 0 Å². The van der Waals surface area contributed by atoms with E-state index in [1.807, 2.05) is 84.9 Å². The number of carbonyl (C=O) groups excluding carboxylic acids is 2. The Morgan fingerprint density at radius 1 is 0.600 bits per heavy atom. The Hall–Kier alpha value is -4.70. The molecular weight excluding hydrogens is 436 g/mol. The maximum Gasteiger partial charge on any atom is 0.343 e. The fourth-order valence-corrected chi connectivity index (χ4v) is 3.61. The van der Waals surface area contributed by atoms with E-state index >= 15 is 0 Å². The molecule has 172 valence electrons. The number of rotatable bonds is 7. The third kappa shape index (κ3) is 5.28. The van der Waals surface area contributed by atoms with Crippen LogP contribution in [-0.4, -0.2) is 11.9 Å². The second-order valence-corrected chi connectivity index (χ2v) is 7.95. The molecule has 4 aromatic rings. The zero-order valence-electron chi connectivity index (χ0n) is 19.4. The normalized spacial score (nSPS) is 10.3. The van der Waals surface area contributed by atoms with E-state index in [9.17, 15) is 9.59 Å². The fourth-order valence-electron chi connectivity index (χ4n) is 3.61. The third-order valence-corrected chi connectivity index (χ3v) is 5.39. The molecule has 0 fully saturated rings. The SMILES string of the molecule is C=C(C)C(=O)Oc1c(OC(=O)C(=C)c2ccccc2-c2ccccc2)cccc1-c1ccccc1. The van der Waals surface area contributed by atoms with E-state index in [1.165, 1.54) is 0 Å². The van der Waals surface area contributed by atoms with E-state index < -0.39 is 11.9 Å². The lowest BCUT2D eigenvalue weighted by Crippen LogP contribution is -2.14. The van der Waals surface area contributed by atoms with Gasteiger partial charge in [0.2, 0.25) is 0 Å². The predicted molar refractivity (Wildman–Crippen MR) is 139 cm³/mol. The van der Waals surface area contributed by atoms with Crippen molar-refractivity contribution in [1.82, 2.24) is 0 Å². The van der Waals surface area contributed by atoms with E-state index in [0.717, 1.165) is 16.7 Å². The summed E-state index contributed by atoms with van der Waals surface area (Å²) in [6.07, 6.45) is 0. The Kier molecular flexibility index (Phi) is 7.03. The fraction of sp³-hybridized carbons (Fsp3) is 0.0323. The first-order valence-corrected chi connectivity index (χ1v) is 11.1. The highest BCUT2D eigenvalue weighted by Crippen LogP contribution is 2.39. The molecule has 4 nitrogen and oxygen atoms in total. The van der Waals surface area contributed by atoms with Gasteiger partial charge < -0.3 is 9.47 Å². The lowest BCUT2D eigenvalue weighted by molar-refractivity contribution is -0.131. The molecule has 0 saturated carbocycles. The maximum atomic E-state index is 13.2. The summed E-state index contributed by atoms with van der Waals surface area (Å²) >= 11 is 0. The van der Waals surface area contributed by atoms with Gasteiger partial charge in [0.15, 0.2) is 11.5 Å². The van der Waals surface area contributed by atoms with Crippen LogP contribution in [0.3, 0.4) is 0 Å². The van der Waals surface area contributed by atoms with Gasteiger partial charge >= 0.3 is 11.9 Å². The third-order valence-electron chi connectivity index (χ3n) is 5.39. The summed E-state index contributed by atoms with van der Waals surface area (Å²) in [7, 11) is 0. The molecule has 0 aliphatic carbocycles. The summed E-state index contributed by atoms with van der Waals surface area (Å²) in [4.78, 5) is 25.6. The van der Waals surface area contributed by atoms with Gasteiger partial charge in [-0.1, -0.05) is 110 Å². The number of hydrogen-bond donors (Lipinski definition) is 0. The molecule has 0 spiro atoms. The number of hydrogen-bond acceptors (Lipinski definition) is 4. The molecule has 0 N–H and O–H groups in total. The van der Waals surface area contributed by atoms with Crippen molar-refractivity contribution in [1.29, 1.82) is 0 Å². The molecule has 4 heteroatoms. The molecule has 0 amide bonds. The van der Waals surface area contributed by atoms with Gasteiger partial charge in [0.1, 0.15) is 0 Å². The second kappa shape index (κ2) is 10.5. The Morgan fingerprint density at radius 2 is 1.14 bits per heavy atom. The van der Waals surface area contributed by atoms with Crippen LogP contribution in [0.5, 0.6) is 11.5 Å². The van der Waals surface area contributed by atoms with Gasteiger partial charge in [-0.25, -0.2) is 9.59 Å². The van der Waals surface area contributed by atoms with Crippen LogP contribution in [0.1, 0.15) is 12.5 Å². The zero-order valence-corrected chi connectivity index (χ0v) is 19.4. The van der Waals surface area contributed by atoms with Crippen LogP contribution in [0, 0.1) is 0 Å². The Bertz CT molecular complexity index is 1400. The number of ether oxygens (including phenoxy) is 2. The lowest BCUT2D eigenvalue weighted by Gasteiger charge is -2.16. The highest BCUT2D eigenvalue weighted by atomic mass is 16.6. The van der Waals surface area contributed by atoms with Crippen molar-refractivity contribution in [3.63, 3.8) is 0 Å². The monoisotopic (exact) mass is 460 g/mol. The van der Waals surface area contributed by atoms with Crippen LogP contribution >= 0.6 is 0 Å². The van der Waals surface area contributed by atoms with Crippen LogP contribution in [-0.2, 0) is 9.59 Å². The van der Waals surface area contributed by atoms with Gasteiger partial charge in [0.25, 0.3) is 0 Å². The Morgan fingerprint density at radius 3 is 1.77 bits per heavy atom.